The highest BCUT2D eigenvalue weighted by Gasteiger charge is 2.24. The molecule has 0 spiro atoms. The number of benzene rings is 1. The van der Waals surface area contributed by atoms with E-state index in [1.807, 2.05) is 12.1 Å². The molecular formula is C20H30N2O3S. The average molecular weight is 379 g/mol. The van der Waals surface area contributed by atoms with E-state index in [4.69, 9.17) is 4.74 Å². The number of unbranched alkanes of at least 4 members (excludes halogenated alkanes) is 1. The number of ether oxygens (including phenoxy) is 1. The van der Waals surface area contributed by atoms with Crippen LogP contribution in [0.4, 0.5) is 0 Å². The first kappa shape index (κ1) is 20.6. The van der Waals surface area contributed by atoms with Crippen LogP contribution in [0.3, 0.4) is 0 Å². The van der Waals surface area contributed by atoms with Crippen LogP contribution in [0.2, 0.25) is 0 Å². The standard InChI is InChI=1S/C20H30N2O3S/c1-4-11-17(20-21-18(5-2)16-25-20)12-9-10-15-22(3)26(23,24)19-13-7-6-8-14-19/h4,6-8,13-14,17-18H,1,5,9-12,15-16H2,2-3H3/t17?,18-/m1/s1. The summed E-state index contributed by atoms with van der Waals surface area (Å²) in [5, 5.41) is 0. The van der Waals surface area contributed by atoms with Gasteiger partial charge in [-0.25, -0.2) is 17.7 Å². The summed E-state index contributed by atoms with van der Waals surface area (Å²) in [4.78, 5) is 5.00. The van der Waals surface area contributed by atoms with Gasteiger partial charge in [-0.1, -0.05) is 37.6 Å². The lowest BCUT2D eigenvalue weighted by atomic mass is 9.98. The second-order valence-electron chi connectivity index (χ2n) is 6.70. The molecular weight excluding hydrogens is 348 g/mol. The first-order chi connectivity index (χ1) is 12.5. The summed E-state index contributed by atoms with van der Waals surface area (Å²) in [6.07, 6.45) is 6.40. The zero-order valence-electron chi connectivity index (χ0n) is 15.8. The minimum absolute atomic E-state index is 0.250. The summed E-state index contributed by atoms with van der Waals surface area (Å²) in [5.41, 5.74) is 0. The van der Waals surface area contributed by atoms with E-state index in [0.29, 0.717) is 18.0 Å². The molecule has 1 aliphatic rings. The lowest BCUT2D eigenvalue weighted by Gasteiger charge is -2.18. The molecule has 1 aliphatic heterocycles. The van der Waals surface area contributed by atoms with Gasteiger partial charge in [0.25, 0.3) is 0 Å². The number of hydrogen-bond donors (Lipinski definition) is 0. The molecule has 2 atom stereocenters. The van der Waals surface area contributed by atoms with Gasteiger partial charge in [0, 0.05) is 19.5 Å². The summed E-state index contributed by atoms with van der Waals surface area (Å²) in [7, 11) is -1.77. The van der Waals surface area contributed by atoms with Gasteiger partial charge in [-0.15, -0.1) is 6.58 Å². The van der Waals surface area contributed by atoms with Crippen LogP contribution in [0, 0.1) is 5.92 Å². The lowest BCUT2D eigenvalue weighted by molar-refractivity contribution is 0.291. The molecule has 0 bridgehead atoms. The average Bonchev–Trinajstić information content (AvgIpc) is 3.13. The van der Waals surface area contributed by atoms with Gasteiger partial charge in [0.05, 0.1) is 10.9 Å². The van der Waals surface area contributed by atoms with E-state index in [1.54, 1.807) is 31.3 Å². The van der Waals surface area contributed by atoms with Crippen LogP contribution in [0.1, 0.15) is 39.0 Å². The van der Waals surface area contributed by atoms with Gasteiger partial charge in [0.2, 0.25) is 10.0 Å². The van der Waals surface area contributed by atoms with E-state index in [-0.39, 0.29) is 12.0 Å². The maximum Gasteiger partial charge on any atom is 0.242 e. The predicted molar refractivity (Wildman–Crippen MR) is 106 cm³/mol. The third kappa shape index (κ3) is 5.42. The Balaban J connectivity index is 1.83. The highest BCUT2D eigenvalue weighted by Crippen LogP contribution is 2.22. The topological polar surface area (TPSA) is 59.0 Å². The van der Waals surface area contributed by atoms with Crippen molar-refractivity contribution in [2.45, 2.75) is 50.0 Å². The Kier molecular flexibility index (Phi) is 7.85. The van der Waals surface area contributed by atoms with Gasteiger partial charge in [0.1, 0.15) is 6.61 Å². The Morgan fingerprint density at radius 1 is 1.35 bits per heavy atom. The van der Waals surface area contributed by atoms with Crippen molar-refractivity contribution in [3.05, 3.63) is 43.0 Å². The molecule has 144 valence electrons. The molecule has 1 aromatic rings. The summed E-state index contributed by atoms with van der Waals surface area (Å²) in [6, 6.07) is 8.84. The molecule has 0 radical (unpaired) electrons. The first-order valence-corrected chi connectivity index (χ1v) is 10.8. The minimum Gasteiger partial charge on any atom is -0.478 e. The third-order valence-electron chi connectivity index (χ3n) is 4.73. The Labute approximate surface area is 157 Å². The largest absolute Gasteiger partial charge is 0.478 e. The second kappa shape index (κ2) is 9.88. The van der Waals surface area contributed by atoms with E-state index >= 15 is 0 Å². The molecule has 1 aromatic carbocycles. The van der Waals surface area contributed by atoms with Crippen molar-refractivity contribution in [2.24, 2.45) is 10.9 Å². The van der Waals surface area contributed by atoms with Crippen molar-refractivity contribution >= 4 is 15.9 Å². The Hall–Kier alpha value is -1.66. The van der Waals surface area contributed by atoms with Gasteiger partial charge in [0.15, 0.2) is 5.90 Å². The first-order valence-electron chi connectivity index (χ1n) is 9.31. The van der Waals surface area contributed by atoms with Gasteiger partial charge >= 0.3 is 0 Å². The Morgan fingerprint density at radius 2 is 2.08 bits per heavy atom. The van der Waals surface area contributed by atoms with Crippen LogP contribution >= 0.6 is 0 Å². The number of hydrogen-bond acceptors (Lipinski definition) is 4. The number of nitrogens with zero attached hydrogens (tertiary/aromatic N) is 2. The zero-order chi connectivity index (χ0) is 19.0. The molecule has 26 heavy (non-hydrogen) atoms. The molecule has 1 heterocycles. The SMILES string of the molecule is C=CCC(CCCCN(C)S(=O)(=O)c1ccccc1)C1=N[C@H](CC)CO1. The fourth-order valence-corrected chi connectivity index (χ4v) is 4.26. The molecule has 0 saturated heterocycles. The molecule has 1 unspecified atom stereocenters. The van der Waals surface area contributed by atoms with Crippen LogP contribution in [-0.2, 0) is 14.8 Å². The molecule has 2 rings (SSSR count). The number of sulfonamides is 1. The molecule has 0 aromatic heterocycles. The van der Waals surface area contributed by atoms with Crippen LogP contribution in [-0.4, -0.2) is 44.9 Å². The Bertz CT molecular complexity index is 701. The molecule has 5 nitrogen and oxygen atoms in total. The van der Waals surface area contributed by atoms with E-state index in [1.165, 1.54) is 4.31 Å². The fourth-order valence-electron chi connectivity index (χ4n) is 3.03. The summed E-state index contributed by atoms with van der Waals surface area (Å²) < 4.78 is 32.2. The van der Waals surface area contributed by atoms with Crippen molar-refractivity contribution in [1.82, 2.24) is 4.31 Å². The van der Waals surface area contributed by atoms with E-state index in [9.17, 15) is 8.42 Å². The van der Waals surface area contributed by atoms with E-state index in [2.05, 4.69) is 18.5 Å². The fraction of sp³-hybridized carbons (Fsp3) is 0.550. The maximum absolute atomic E-state index is 12.5. The summed E-state index contributed by atoms with van der Waals surface area (Å²) >= 11 is 0. The molecule has 0 saturated carbocycles. The summed E-state index contributed by atoms with van der Waals surface area (Å²) in [6.45, 7) is 7.13. The van der Waals surface area contributed by atoms with Gasteiger partial charge in [-0.05, 0) is 37.8 Å². The monoisotopic (exact) mass is 378 g/mol. The molecule has 0 aliphatic carbocycles. The smallest absolute Gasteiger partial charge is 0.242 e. The molecule has 0 fully saturated rings. The second-order valence-corrected chi connectivity index (χ2v) is 8.74. The quantitative estimate of drug-likeness (QED) is 0.434. The van der Waals surface area contributed by atoms with Crippen molar-refractivity contribution in [3.63, 3.8) is 0 Å². The van der Waals surface area contributed by atoms with Gasteiger partial charge in [-0.2, -0.15) is 0 Å². The molecule has 0 amide bonds. The van der Waals surface area contributed by atoms with Crippen LogP contribution in [0.15, 0.2) is 52.9 Å². The van der Waals surface area contributed by atoms with Crippen LogP contribution < -0.4 is 0 Å². The highest BCUT2D eigenvalue weighted by molar-refractivity contribution is 7.89. The molecule has 6 heteroatoms. The Morgan fingerprint density at radius 3 is 2.69 bits per heavy atom. The predicted octanol–water partition coefficient (Wildman–Crippen LogP) is 3.88. The van der Waals surface area contributed by atoms with Crippen molar-refractivity contribution in [2.75, 3.05) is 20.2 Å². The van der Waals surface area contributed by atoms with Crippen LogP contribution in [0.5, 0.6) is 0 Å². The van der Waals surface area contributed by atoms with Gasteiger partial charge in [-0.3, -0.25) is 0 Å². The van der Waals surface area contributed by atoms with Gasteiger partial charge < -0.3 is 4.74 Å². The lowest BCUT2D eigenvalue weighted by Crippen LogP contribution is -2.28. The number of rotatable bonds is 11. The van der Waals surface area contributed by atoms with Crippen molar-refractivity contribution < 1.29 is 13.2 Å². The molecule has 0 N–H and O–H groups in total. The number of aliphatic imine (C=N–C) groups is 1. The highest BCUT2D eigenvalue weighted by atomic mass is 32.2. The normalized spacial score (nSPS) is 18.4. The van der Waals surface area contributed by atoms with E-state index < -0.39 is 10.0 Å². The maximum atomic E-state index is 12.5. The van der Waals surface area contributed by atoms with Crippen molar-refractivity contribution in [1.29, 1.82) is 0 Å². The summed E-state index contributed by atoms with van der Waals surface area (Å²) in [5.74, 6) is 1.10. The van der Waals surface area contributed by atoms with E-state index in [0.717, 1.165) is 38.0 Å². The zero-order valence-corrected chi connectivity index (χ0v) is 16.6. The number of allylic oxidation sites excluding steroid dienone is 1. The van der Waals surface area contributed by atoms with Crippen LogP contribution in [0.25, 0.3) is 0 Å². The minimum atomic E-state index is -3.41. The van der Waals surface area contributed by atoms with Crippen molar-refractivity contribution in [3.8, 4) is 0 Å². The third-order valence-corrected chi connectivity index (χ3v) is 6.60.